The first-order valence-corrected chi connectivity index (χ1v) is 14.9. The Bertz CT molecular complexity index is 1650. The van der Waals surface area contributed by atoms with Gasteiger partial charge in [-0.3, -0.25) is 14.5 Å². The van der Waals surface area contributed by atoms with Crippen LogP contribution >= 0.6 is 0 Å². The number of pyridine rings is 1. The SMILES string of the molecule is CN(C)C(=O)c1ccc(COc2cccc(C3CCN(Cc4nc5ccc(OC=O)cc5n4C[C@@H]4CCO4)CC3)n2)c(F)c1. The van der Waals surface area contributed by atoms with Gasteiger partial charge in [0.05, 0.1) is 30.2 Å². The molecule has 44 heavy (non-hydrogen) atoms. The lowest BCUT2D eigenvalue weighted by Gasteiger charge is -2.32. The van der Waals surface area contributed by atoms with E-state index in [1.54, 1.807) is 38.4 Å². The van der Waals surface area contributed by atoms with Gasteiger partial charge in [-0.15, -0.1) is 0 Å². The summed E-state index contributed by atoms with van der Waals surface area (Å²) in [5.74, 6) is 1.46. The molecule has 0 unspecified atom stereocenters. The Hall–Kier alpha value is -4.35. The highest BCUT2D eigenvalue weighted by Crippen LogP contribution is 2.30. The lowest BCUT2D eigenvalue weighted by atomic mass is 9.93. The molecule has 2 saturated heterocycles. The number of carbonyl (C=O) groups is 2. The maximum Gasteiger partial charge on any atom is 0.298 e. The summed E-state index contributed by atoms with van der Waals surface area (Å²) >= 11 is 0. The fourth-order valence-electron chi connectivity index (χ4n) is 5.77. The van der Waals surface area contributed by atoms with E-state index in [9.17, 15) is 14.0 Å². The van der Waals surface area contributed by atoms with Crippen molar-refractivity contribution in [2.75, 3.05) is 33.8 Å². The van der Waals surface area contributed by atoms with Crippen LogP contribution in [0.1, 0.15) is 52.6 Å². The summed E-state index contributed by atoms with van der Waals surface area (Å²) in [5.41, 5.74) is 3.43. The molecule has 0 spiro atoms. The monoisotopic (exact) mass is 601 g/mol. The van der Waals surface area contributed by atoms with Gasteiger partial charge >= 0.3 is 0 Å². The molecule has 2 aromatic heterocycles. The fourth-order valence-corrected chi connectivity index (χ4v) is 5.77. The molecule has 2 aliphatic rings. The summed E-state index contributed by atoms with van der Waals surface area (Å²) in [5, 5.41) is 0. The average Bonchev–Trinajstić information content (AvgIpc) is 3.34. The molecule has 4 heterocycles. The van der Waals surface area contributed by atoms with Crippen molar-refractivity contribution in [3.63, 3.8) is 0 Å². The first-order valence-electron chi connectivity index (χ1n) is 14.9. The molecule has 2 aromatic carbocycles. The van der Waals surface area contributed by atoms with Crippen LogP contribution in [0.4, 0.5) is 4.39 Å². The van der Waals surface area contributed by atoms with E-state index in [1.165, 1.54) is 11.0 Å². The molecule has 0 aliphatic carbocycles. The lowest BCUT2D eigenvalue weighted by molar-refractivity contribution is -0.120. The van der Waals surface area contributed by atoms with E-state index in [0.29, 0.717) is 42.3 Å². The van der Waals surface area contributed by atoms with Gasteiger partial charge in [-0.2, -0.15) is 0 Å². The highest BCUT2D eigenvalue weighted by atomic mass is 19.1. The van der Waals surface area contributed by atoms with Crippen LogP contribution in [-0.2, 0) is 29.2 Å². The van der Waals surface area contributed by atoms with E-state index in [2.05, 4.69) is 9.47 Å². The first-order chi connectivity index (χ1) is 21.4. The zero-order chi connectivity index (χ0) is 30.6. The Kier molecular flexibility index (Phi) is 8.85. The Morgan fingerprint density at radius 2 is 1.91 bits per heavy atom. The predicted molar refractivity (Wildman–Crippen MR) is 161 cm³/mol. The minimum absolute atomic E-state index is 0.0207. The second kappa shape index (κ2) is 13.1. The fraction of sp³-hybridized carbons (Fsp3) is 0.394. The number of aromatic nitrogens is 3. The average molecular weight is 602 g/mol. The molecular formula is C33H36FN5O5. The normalized spacial score (nSPS) is 17.3. The van der Waals surface area contributed by atoms with Crippen molar-refractivity contribution in [2.24, 2.45) is 0 Å². The summed E-state index contributed by atoms with van der Waals surface area (Å²) in [6.07, 6.45) is 3.06. The molecule has 2 fully saturated rings. The van der Waals surface area contributed by atoms with Gasteiger partial charge in [0, 0.05) is 55.6 Å². The predicted octanol–water partition coefficient (Wildman–Crippen LogP) is 4.55. The van der Waals surface area contributed by atoms with Crippen molar-refractivity contribution in [1.29, 1.82) is 0 Å². The third kappa shape index (κ3) is 6.58. The quantitative estimate of drug-likeness (QED) is 0.231. The smallest absolute Gasteiger partial charge is 0.298 e. The van der Waals surface area contributed by atoms with Gasteiger partial charge in [0.2, 0.25) is 5.88 Å². The van der Waals surface area contributed by atoms with Gasteiger partial charge in [0.15, 0.2) is 0 Å². The summed E-state index contributed by atoms with van der Waals surface area (Å²) in [6, 6.07) is 15.7. The third-order valence-corrected chi connectivity index (χ3v) is 8.36. The number of nitrogens with zero attached hydrogens (tertiary/aromatic N) is 5. The van der Waals surface area contributed by atoms with Crippen molar-refractivity contribution in [1.82, 2.24) is 24.3 Å². The van der Waals surface area contributed by atoms with Crippen LogP contribution in [0.5, 0.6) is 11.6 Å². The van der Waals surface area contributed by atoms with E-state index < -0.39 is 5.82 Å². The van der Waals surface area contributed by atoms with E-state index in [0.717, 1.165) is 61.5 Å². The first kappa shape index (κ1) is 29.7. The Morgan fingerprint density at radius 3 is 2.61 bits per heavy atom. The molecule has 0 saturated carbocycles. The van der Waals surface area contributed by atoms with E-state index >= 15 is 0 Å². The molecular weight excluding hydrogens is 565 g/mol. The van der Waals surface area contributed by atoms with Crippen molar-refractivity contribution in [3.8, 4) is 11.6 Å². The number of benzene rings is 2. The van der Waals surface area contributed by atoms with Crippen molar-refractivity contribution >= 4 is 23.4 Å². The van der Waals surface area contributed by atoms with Crippen LogP contribution < -0.4 is 9.47 Å². The van der Waals surface area contributed by atoms with Crippen LogP contribution in [0.2, 0.25) is 0 Å². The number of hydrogen-bond donors (Lipinski definition) is 0. The third-order valence-electron chi connectivity index (χ3n) is 8.36. The summed E-state index contributed by atoms with van der Waals surface area (Å²) in [7, 11) is 3.26. The molecule has 2 aliphatic heterocycles. The van der Waals surface area contributed by atoms with Crippen LogP contribution in [0.15, 0.2) is 54.6 Å². The number of ether oxygens (including phenoxy) is 3. The van der Waals surface area contributed by atoms with Crippen LogP contribution in [0.3, 0.4) is 0 Å². The van der Waals surface area contributed by atoms with Gasteiger partial charge < -0.3 is 23.7 Å². The van der Waals surface area contributed by atoms with Gasteiger partial charge in [0.25, 0.3) is 12.4 Å². The summed E-state index contributed by atoms with van der Waals surface area (Å²) < 4.78 is 33.5. The summed E-state index contributed by atoms with van der Waals surface area (Å²) in [4.78, 5) is 36.5. The molecule has 6 rings (SSSR count). The molecule has 1 amide bonds. The molecule has 230 valence electrons. The number of fused-ring (bicyclic) bond motifs is 1. The van der Waals surface area contributed by atoms with E-state index in [4.69, 9.17) is 24.2 Å². The number of halogens is 1. The highest BCUT2D eigenvalue weighted by molar-refractivity contribution is 5.93. The molecule has 0 radical (unpaired) electrons. The highest BCUT2D eigenvalue weighted by Gasteiger charge is 2.26. The van der Waals surface area contributed by atoms with Crippen molar-refractivity contribution < 1.29 is 28.2 Å². The van der Waals surface area contributed by atoms with Crippen molar-refractivity contribution in [2.45, 2.75) is 51.0 Å². The van der Waals surface area contributed by atoms with Gasteiger partial charge in [0.1, 0.15) is 24.0 Å². The minimum Gasteiger partial charge on any atom is -0.473 e. The van der Waals surface area contributed by atoms with E-state index in [1.807, 2.05) is 24.3 Å². The minimum atomic E-state index is -0.482. The number of hydrogen-bond acceptors (Lipinski definition) is 8. The zero-order valence-corrected chi connectivity index (χ0v) is 24.9. The molecule has 1 atom stereocenters. The molecule has 0 bridgehead atoms. The number of amides is 1. The number of carbonyl (C=O) groups excluding carboxylic acids is 2. The van der Waals surface area contributed by atoms with Gasteiger partial charge in [-0.1, -0.05) is 12.1 Å². The standard InChI is InChI=1S/C33H36FN5O5/c1-37(2)33(41)23-6-7-24(27(34)16-23)20-43-32-5-3-4-28(36-32)22-10-13-38(14-11-22)19-31-35-29-9-8-25(44-21-40)17-30(29)39(31)18-26-12-15-42-26/h3-9,16-17,21-22,26H,10-15,18-20H2,1-2H3/t26-/m0/s1. The number of piperidine rings is 1. The molecule has 10 nitrogen and oxygen atoms in total. The second-order valence-corrected chi connectivity index (χ2v) is 11.5. The molecule has 11 heteroatoms. The molecule has 4 aromatic rings. The Morgan fingerprint density at radius 1 is 1.09 bits per heavy atom. The lowest BCUT2D eigenvalue weighted by Crippen LogP contribution is -2.35. The summed E-state index contributed by atoms with van der Waals surface area (Å²) in [6.45, 7) is 4.45. The Balaban J connectivity index is 1.08. The van der Waals surface area contributed by atoms with Crippen LogP contribution in [0, 0.1) is 5.82 Å². The number of likely N-dealkylation sites (tertiary alicyclic amines) is 1. The maximum atomic E-state index is 14.7. The molecule has 0 N–H and O–H groups in total. The van der Waals surface area contributed by atoms with Crippen LogP contribution in [-0.4, -0.2) is 76.6 Å². The van der Waals surface area contributed by atoms with Gasteiger partial charge in [-0.25, -0.2) is 14.4 Å². The maximum absolute atomic E-state index is 14.7. The number of imidazole rings is 1. The largest absolute Gasteiger partial charge is 0.473 e. The van der Waals surface area contributed by atoms with Gasteiger partial charge in [-0.05, 0) is 62.7 Å². The topological polar surface area (TPSA) is 99.0 Å². The Labute approximate surface area is 255 Å². The second-order valence-electron chi connectivity index (χ2n) is 11.5. The zero-order valence-electron chi connectivity index (χ0n) is 24.9. The van der Waals surface area contributed by atoms with Crippen molar-refractivity contribution in [3.05, 3.63) is 83.1 Å². The number of rotatable bonds is 11. The van der Waals surface area contributed by atoms with E-state index in [-0.39, 0.29) is 24.5 Å². The van der Waals surface area contributed by atoms with Crippen LogP contribution in [0.25, 0.3) is 11.0 Å².